The average Bonchev–Trinajstić information content (AvgIpc) is 3.05. The molecule has 3 aromatic rings. The van der Waals surface area contributed by atoms with Crippen LogP contribution in [0.15, 0.2) is 30.3 Å². The maximum absolute atomic E-state index is 12.4. The highest BCUT2D eigenvalue weighted by Crippen LogP contribution is 2.37. The number of nitrogens with zero attached hydrogens (tertiary/aromatic N) is 3. The van der Waals surface area contributed by atoms with E-state index in [-0.39, 0.29) is 18.5 Å². The quantitative estimate of drug-likeness (QED) is 0.702. The summed E-state index contributed by atoms with van der Waals surface area (Å²) < 4.78 is 6.76. The Bertz CT molecular complexity index is 994. The zero-order chi connectivity index (χ0) is 19.7. The number of rotatable bonds is 5. The van der Waals surface area contributed by atoms with Gasteiger partial charge < -0.3 is 9.84 Å². The summed E-state index contributed by atoms with van der Waals surface area (Å²) in [4.78, 5) is 12.4. The van der Waals surface area contributed by atoms with Crippen molar-refractivity contribution >= 4 is 17.0 Å². The van der Waals surface area contributed by atoms with E-state index < -0.39 is 5.92 Å². The number of carbonyl (C=O) groups excluding carboxylic acids is 1. The molecular formula is C21H25N3O3. The van der Waals surface area contributed by atoms with Crippen molar-refractivity contribution in [3.05, 3.63) is 58.1 Å². The van der Waals surface area contributed by atoms with Crippen molar-refractivity contribution in [3.63, 3.8) is 0 Å². The standard InChI is InChI=1S/C21H25N3O3/c1-12-6-7-15(10-16(12)11-25)19(14(3)21(26)27-5)17-8-9-18-20(13(17)2)22-23-24(18)4/h6-10,14,19,25H,11H2,1-5H3/t14-,19+/m1/s1. The van der Waals surface area contributed by atoms with Crippen molar-refractivity contribution < 1.29 is 14.6 Å². The molecule has 0 aliphatic rings. The monoisotopic (exact) mass is 367 g/mol. The van der Waals surface area contributed by atoms with E-state index in [0.717, 1.165) is 38.9 Å². The minimum Gasteiger partial charge on any atom is -0.469 e. The molecule has 6 heteroatoms. The molecular weight excluding hydrogens is 342 g/mol. The summed E-state index contributed by atoms with van der Waals surface area (Å²) in [5, 5.41) is 18.1. The lowest BCUT2D eigenvalue weighted by Crippen LogP contribution is -2.23. The van der Waals surface area contributed by atoms with E-state index in [1.165, 1.54) is 7.11 Å². The van der Waals surface area contributed by atoms with Gasteiger partial charge in [0.25, 0.3) is 0 Å². The number of esters is 1. The molecule has 27 heavy (non-hydrogen) atoms. The number of benzene rings is 2. The molecule has 0 unspecified atom stereocenters. The number of aryl methyl sites for hydroxylation is 3. The van der Waals surface area contributed by atoms with Gasteiger partial charge in [0, 0.05) is 13.0 Å². The first-order chi connectivity index (χ1) is 12.9. The summed E-state index contributed by atoms with van der Waals surface area (Å²) in [5.41, 5.74) is 6.61. The molecule has 0 saturated carbocycles. The summed E-state index contributed by atoms with van der Waals surface area (Å²) in [6.45, 7) is 5.80. The van der Waals surface area contributed by atoms with Crippen LogP contribution in [-0.4, -0.2) is 33.2 Å². The number of methoxy groups -OCH3 is 1. The number of aliphatic hydroxyl groups is 1. The second-order valence-electron chi connectivity index (χ2n) is 6.99. The van der Waals surface area contributed by atoms with Gasteiger partial charge in [-0.1, -0.05) is 36.4 Å². The lowest BCUT2D eigenvalue weighted by molar-refractivity contribution is -0.145. The van der Waals surface area contributed by atoms with Crippen LogP contribution in [0.25, 0.3) is 11.0 Å². The third kappa shape index (κ3) is 3.32. The van der Waals surface area contributed by atoms with Gasteiger partial charge >= 0.3 is 5.97 Å². The van der Waals surface area contributed by atoms with Crippen molar-refractivity contribution in [2.75, 3.05) is 7.11 Å². The van der Waals surface area contributed by atoms with Gasteiger partial charge in [0.2, 0.25) is 0 Å². The van der Waals surface area contributed by atoms with Crippen molar-refractivity contribution in [1.29, 1.82) is 0 Å². The lowest BCUT2D eigenvalue weighted by Gasteiger charge is -2.25. The van der Waals surface area contributed by atoms with Crippen LogP contribution >= 0.6 is 0 Å². The average molecular weight is 367 g/mol. The van der Waals surface area contributed by atoms with Gasteiger partial charge in [-0.05, 0) is 47.7 Å². The Morgan fingerprint density at radius 2 is 2.00 bits per heavy atom. The molecule has 2 atom stereocenters. The number of aromatic nitrogens is 3. The van der Waals surface area contributed by atoms with E-state index in [2.05, 4.69) is 10.3 Å². The number of aliphatic hydroxyl groups excluding tert-OH is 1. The molecule has 0 aliphatic heterocycles. The van der Waals surface area contributed by atoms with Crippen LogP contribution in [0, 0.1) is 19.8 Å². The second-order valence-corrected chi connectivity index (χ2v) is 6.99. The van der Waals surface area contributed by atoms with Crippen molar-refractivity contribution in [2.24, 2.45) is 13.0 Å². The molecule has 0 bridgehead atoms. The minimum atomic E-state index is -0.392. The summed E-state index contributed by atoms with van der Waals surface area (Å²) in [5.74, 6) is -0.878. The van der Waals surface area contributed by atoms with E-state index in [4.69, 9.17) is 4.74 Å². The highest BCUT2D eigenvalue weighted by Gasteiger charge is 2.30. The molecule has 3 rings (SSSR count). The summed E-state index contributed by atoms with van der Waals surface area (Å²) in [6.07, 6.45) is 0. The lowest BCUT2D eigenvalue weighted by atomic mass is 9.79. The Morgan fingerprint density at radius 3 is 2.67 bits per heavy atom. The van der Waals surface area contributed by atoms with Crippen LogP contribution in [0.3, 0.4) is 0 Å². The molecule has 0 aliphatic carbocycles. The molecule has 0 amide bonds. The van der Waals surface area contributed by atoms with Crippen LogP contribution in [0.1, 0.15) is 40.7 Å². The SMILES string of the molecule is COC(=O)[C@H](C)[C@@H](c1ccc(C)c(CO)c1)c1ccc2c(nnn2C)c1C. The third-order valence-corrected chi connectivity index (χ3v) is 5.39. The Balaban J connectivity index is 2.22. The van der Waals surface area contributed by atoms with Gasteiger partial charge in [0.1, 0.15) is 5.52 Å². The molecule has 1 aromatic heterocycles. The topological polar surface area (TPSA) is 77.2 Å². The van der Waals surface area contributed by atoms with Crippen LogP contribution < -0.4 is 0 Å². The van der Waals surface area contributed by atoms with Crippen LogP contribution in [0.4, 0.5) is 0 Å². The second kappa shape index (κ2) is 7.48. The van der Waals surface area contributed by atoms with E-state index in [1.54, 1.807) is 4.68 Å². The maximum Gasteiger partial charge on any atom is 0.309 e. The first kappa shape index (κ1) is 19.0. The fourth-order valence-corrected chi connectivity index (χ4v) is 3.70. The van der Waals surface area contributed by atoms with E-state index in [9.17, 15) is 9.90 Å². The summed E-state index contributed by atoms with van der Waals surface area (Å²) in [7, 11) is 3.26. The Labute approximate surface area is 158 Å². The first-order valence-corrected chi connectivity index (χ1v) is 8.96. The maximum atomic E-state index is 12.4. The predicted molar refractivity (Wildman–Crippen MR) is 103 cm³/mol. The number of hydrogen-bond acceptors (Lipinski definition) is 5. The molecule has 142 valence electrons. The molecule has 0 spiro atoms. The molecule has 2 aromatic carbocycles. The van der Waals surface area contributed by atoms with E-state index in [1.807, 2.05) is 58.2 Å². The van der Waals surface area contributed by atoms with E-state index >= 15 is 0 Å². The van der Waals surface area contributed by atoms with Crippen LogP contribution in [0.2, 0.25) is 0 Å². The Morgan fingerprint density at radius 1 is 1.26 bits per heavy atom. The smallest absolute Gasteiger partial charge is 0.309 e. The van der Waals surface area contributed by atoms with Crippen molar-refractivity contribution in [3.8, 4) is 0 Å². The molecule has 1 N–H and O–H groups in total. The molecule has 0 saturated heterocycles. The largest absolute Gasteiger partial charge is 0.469 e. The van der Waals surface area contributed by atoms with Gasteiger partial charge in [-0.15, -0.1) is 5.10 Å². The number of hydrogen-bond donors (Lipinski definition) is 1. The number of carbonyl (C=O) groups is 1. The van der Waals surface area contributed by atoms with E-state index in [0.29, 0.717) is 0 Å². The Kier molecular flexibility index (Phi) is 5.28. The fourth-order valence-electron chi connectivity index (χ4n) is 3.70. The van der Waals surface area contributed by atoms with Crippen molar-refractivity contribution in [2.45, 2.75) is 33.3 Å². The van der Waals surface area contributed by atoms with Crippen LogP contribution in [0.5, 0.6) is 0 Å². The predicted octanol–water partition coefficient (Wildman–Crippen LogP) is 3.02. The van der Waals surface area contributed by atoms with Gasteiger partial charge in [0.15, 0.2) is 0 Å². The Hall–Kier alpha value is -2.73. The van der Waals surface area contributed by atoms with Crippen LogP contribution in [-0.2, 0) is 23.2 Å². The molecule has 6 nitrogen and oxygen atoms in total. The summed E-state index contributed by atoms with van der Waals surface area (Å²) in [6, 6.07) is 9.98. The van der Waals surface area contributed by atoms with Gasteiger partial charge in [-0.3, -0.25) is 4.79 Å². The fraction of sp³-hybridized carbons (Fsp3) is 0.381. The number of fused-ring (bicyclic) bond motifs is 1. The molecule has 1 heterocycles. The molecule has 0 fully saturated rings. The highest BCUT2D eigenvalue weighted by atomic mass is 16.5. The zero-order valence-corrected chi connectivity index (χ0v) is 16.4. The minimum absolute atomic E-state index is 0.0405. The highest BCUT2D eigenvalue weighted by molar-refractivity contribution is 5.81. The van der Waals surface area contributed by atoms with Gasteiger partial charge in [0.05, 0.1) is 25.2 Å². The van der Waals surface area contributed by atoms with Crippen molar-refractivity contribution in [1.82, 2.24) is 15.0 Å². The van der Waals surface area contributed by atoms with Gasteiger partial charge in [-0.2, -0.15) is 0 Å². The zero-order valence-electron chi connectivity index (χ0n) is 16.4. The third-order valence-electron chi connectivity index (χ3n) is 5.39. The van der Waals surface area contributed by atoms with Gasteiger partial charge in [-0.25, -0.2) is 4.68 Å². The first-order valence-electron chi connectivity index (χ1n) is 8.96. The molecule has 0 radical (unpaired) electrons. The number of ether oxygens (including phenoxy) is 1. The normalized spacial score (nSPS) is 13.6. The summed E-state index contributed by atoms with van der Waals surface area (Å²) >= 11 is 0.